The Labute approximate surface area is 161 Å². The van der Waals surface area contributed by atoms with Crippen molar-refractivity contribution in [2.75, 3.05) is 6.54 Å². The summed E-state index contributed by atoms with van der Waals surface area (Å²) in [7, 11) is 0. The lowest BCUT2D eigenvalue weighted by Gasteiger charge is -2.17. The molecule has 1 unspecified atom stereocenters. The first kappa shape index (κ1) is 17.3. The van der Waals surface area contributed by atoms with Crippen molar-refractivity contribution in [1.82, 2.24) is 20.4 Å². The summed E-state index contributed by atoms with van der Waals surface area (Å²) in [5.74, 6) is 0. The van der Waals surface area contributed by atoms with Crippen molar-refractivity contribution >= 4 is 28.1 Å². The molecule has 0 saturated heterocycles. The SMILES string of the molecule is O=C(NCc1cccc2ccccc12)NCC(c1cccs1)n1cccn1. The number of carbonyl (C=O) groups excluding carboxylic acids is 1. The molecule has 2 aromatic carbocycles. The molecule has 2 heterocycles. The average Bonchev–Trinajstić information content (AvgIpc) is 3.41. The number of aromatic nitrogens is 2. The molecule has 0 radical (unpaired) electrons. The van der Waals surface area contributed by atoms with E-state index in [1.165, 1.54) is 5.39 Å². The van der Waals surface area contributed by atoms with E-state index in [2.05, 4.69) is 40.0 Å². The van der Waals surface area contributed by atoms with E-state index in [0.717, 1.165) is 15.8 Å². The summed E-state index contributed by atoms with van der Waals surface area (Å²) in [6.45, 7) is 0.961. The minimum Gasteiger partial charge on any atom is -0.336 e. The van der Waals surface area contributed by atoms with Crippen LogP contribution in [0.1, 0.15) is 16.5 Å². The first-order valence-corrected chi connectivity index (χ1v) is 9.70. The second kappa shape index (κ2) is 8.05. The zero-order valence-electron chi connectivity index (χ0n) is 14.7. The van der Waals surface area contributed by atoms with Gasteiger partial charge in [0.15, 0.2) is 0 Å². The van der Waals surface area contributed by atoms with Gasteiger partial charge in [-0.1, -0.05) is 48.5 Å². The summed E-state index contributed by atoms with van der Waals surface area (Å²) in [6, 6.07) is 20.1. The Bertz CT molecular complexity index is 972. The molecule has 2 N–H and O–H groups in total. The monoisotopic (exact) mass is 376 g/mol. The molecule has 5 nitrogen and oxygen atoms in total. The molecule has 0 bridgehead atoms. The standard InChI is InChI=1S/C21H20N4OS/c26-21(22-14-17-8-3-7-16-6-1-2-9-18(16)17)23-15-19(20-10-4-13-27-20)25-12-5-11-24-25/h1-13,19H,14-15H2,(H2,22,23,26). The van der Waals surface area contributed by atoms with E-state index in [4.69, 9.17) is 0 Å². The van der Waals surface area contributed by atoms with Crippen LogP contribution in [0.25, 0.3) is 10.8 Å². The van der Waals surface area contributed by atoms with Crippen molar-refractivity contribution in [2.45, 2.75) is 12.6 Å². The van der Waals surface area contributed by atoms with E-state index in [1.807, 2.05) is 52.7 Å². The largest absolute Gasteiger partial charge is 0.336 e. The number of nitrogens with zero attached hydrogens (tertiary/aromatic N) is 2. The van der Waals surface area contributed by atoms with Crippen LogP contribution in [-0.4, -0.2) is 22.4 Å². The third-order valence-electron chi connectivity index (χ3n) is 4.49. The number of fused-ring (bicyclic) bond motifs is 1. The fourth-order valence-electron chi connectivity index (χ4n) is 3.14. The van der Waals surface area contributed by atoms with E-state index in [0.29, 0.717) is 13.1 Å². The third kappa shape index (κ3) is 4.01. The van der Waals surface area contributed by atoms with Crippen LogP contribution in [-0.2, 0) is 6.54 Å². The maximum atomic E-state index is 12.3. The maximum Gasteiger partial charge on any atom is 0.315 e. The van der Waals surface area contributed by atoms with Gasteiger partial charge in [-0.05, 0) is 33.8 Å². The van der Waals surface area contributed by atoms with Gasteiger partial charge in [-0.15, -0.1) is 11.3 Å². The molecular formula is C21H20N4OS. The van der Waals surface area contributed by atoms with Crippen LogP contribution in [0.15, 0.2) is 78.4 Å². The number of urea groups is 1. The highest BCUT2D eigenvalue weighted by atomic mass is 32.1. The smallest absolute Gasteiger partial charge is 0.315 e. The quantitative estimate of drug-likeness (QED) is 0.530. The molecule has 4 aromatic rings. The van der Waals surface area contributed by atoms with Crippen LogP contribution in [0.2, 0.25) is 0 Å². The van der Waals surface area contributed by atoms with Crippen molar-refractivity contribution < 1.29 is 4.79 Å². The Morgan fingerprint density at radius 1 is 1.04 bits per heavy atom. The van der Waals surface area contributed by atoms with Gasteiger partial charge >= 0.3 is 6.03 Å². The van der Waals surface area contributed by atoms with Crippen molar-refractivity contribution in [1.29, 1.82) is 0 Å². The summed E-state index contributed by atoms with van der Waals surface area (Å²) in [5.41, 5.74) is 1.10. The van der Waals surface area contributed by atoms with Gasteiger partial charge < -0.3 is 10.6 Å². The number of carbonyl (C=O) groups is 1. The van der Waals surface area contributed by atoms with Crippen molar-refractivity contribution in [3.8, 4) is 0 Å². The zero-order valence-corrected chi connectivity index (χ0v) is 15.5. The Morgan fingerprint density at radius 3 is 2.74 bits per heavy atom. The topological polar surface area (TPSA) is 59.0 Å². The van der Waals surface area contributed by atoms with E-state index in [-0.39, 0.29) is 12.1 Å². The number of hydrogen-bond donors (Lipinski definition) is 2. The molecule has 0 aliphatic carbocycles. The number of nitrogens with one attached hydrogen (secondary N) is 2. The number of benzene rings is 2. The number of thiophene rings is 1. The molecule has 2 amide bonds. The second-order valence-corrected chi connectivity index (χ2v) is 7.20. The molecule has 27 heavy (non-hydrogen) atoms. The molecular weight excluding hydrogens is 356 g/mol. The molecule has 0 aliphatic heterocycles. The number of amides is 2. The van der Waals surface area contributed by atoms with Gasteiger partial charge in [0.2, 0.25) is 0 Å². The third-order valence-corrected chi connectivity index (χ3v) is 5.46. The molecule has 0 saturated carbocycles. The van der Waals surface area contributed by atoms with Crippen molar-refractivity contribution in [2.24, 2.45) is 0 Å². The lowest BCUT2D eigenvalue weighted by atomic mass is 10.0. The second-order valence-electron chi connectivity index (χ2n) is 6.22. The molecule has 2 aromatic heterocycles. The molecule has 136 valence electrons. The van der Waals surface area contributed by atoms with Crippen LogP contribution in [0.3, 0.4) is 0 Å². The molecule has 4 rings (SSSR count). The van der Waals surface area contributed by atoms with Gasteiger partial charge in [0.05, 0.1) is 0 Å². The number of rotatable bonds is 6. The van der Waals surface area contributed by atoms with Crippen LogP contribution in [0, 0.1) is 0 Å². The molecule has 6 heteroatoms. The van der Waals surface area contributed by atoms with Gasteiger partial charge in [0, 0.05) is 30.4 Å². The Hall–Kier alpha value is -3.12. The van der Waals surface area contributed by atoms with Crippen molar-refractivity contribution in [3.63, 3.8) is 0 Å². The first-order chi connectivity index (χ1) is 13.3. The van der Waals surface area contributed by atoms with Gasteiger partial charge in [-0.2, -0.15) is 5.10 Å². The van der Waals surface area contributed by atoms with E-state index in [9.17, 15) is 4.79 Å². The van der Waals surface area contributed by atoms with Gasteiger partial charge in [-0.25, -0.2) is 4.79 Å². The average molecular weight is 376 g/mol. The zero-order chi connectivity index (χ0) is 18.5. The van der Waals surface area contributed by atoms with Crippen LogP contribution in [0.5, 0.6) is 0 Å². The minimum atomic E-state index is -0.184. The number of hydrogen-bond acceptors (Lipinski definition) is 3. The summed E-state index contributed by atoms with van der Waals surface area (Å²) < 4.78 is 1.87. The van der Waals surface area contributed by atoms with E-state index in [1.54, 1.807) is 17.5 Å². The molecule has 0 aliphatic rings. The van der Waals surface area contributed by atoms with E-state index >= 15 is 0 Å². The predicted octanol–water partition coefficient (Wildman–Crippen LogP) is 4.19. The van der Waals surface area contributed by atoms with Crippen LogP contribution < -0.4 is 10.6 Å². The first-order valence-electron chi connectivity index (χ1n) is 8.82. The highest BCUT2D eigenvalue weighted by Gasteiger charge is 2.16. The van der Waals surface area contributed by atoms with Gasteiger partial charge in [-0.3, -0.25) is 4.68 Å². The minimum absolute atomic E-state index is 0.0108. The van der Waals surface area contributed by atoms with E-state index < -0.39 is 0 Å². The maximum absolute atomic E-state index is 12.3. The van der Waals surface area contributed by atoms with Crippen molar-refractivity contribution in [3.05, 3.63) is 88.9 Å². The highest BCUT2D eigenvalue weighted by Crippen LogP contribution is 2.22. The summed E-state index contributed by atoms with van der Waals surface area (Å²) in [5, 5.41) is 14.6. The normalized spacial score (nSPS) is 12.0. The lowest BCUT2D eigenvalue weighted by Crippen LogP contribution is -2.38. The fourth-order valence-corrected chi connectivity index (χ4v) is 3.96. The Morgan fingerprint density at radius 2 is 1.93 bits per heavy atom. The predicted molar refractivity (Wildman–Crippen MR) is 109 cm³/mol. The Balaban J connectivity index is 1.39. The van der Waals surface area contributed by atoms with Gasteiger partial charge in [0.1, 0.15) is 6.04 Å². The fraction of sp³-hybridized carbons (Fsp3) is 0.143. The summed E-state index contributed by atoms with van der Waals surface area (Å²) in [4.78, 5) is 13.5. The molecule has 1 atom stereocenters. The van der Waals surface area contributed by atoms with Crippen LogP contribution >= 0.6 is 11.3 Å². The Kier molecular flexibility index (Phi) is 5.16. The molecule has 0 spiro atoms. The molecule has 0 fully saturated rings. The highest BCUT2D eigenvalue weighted by molar-refractivity contribution is 7.10. The van der Waals surface area contributed by atoms with Gasteiger partial charge in [0.25, 0.3) is 0 Å². The van der Waals surface area contributed by atoms with Crippen LogP contribution in [0.4, 0.5) is 4.79 Å². The summed E-state index contributed by atoms with van der Waals surface area (Å²) in [6.07, 6.45) is 3.67. The summed E-state index contributed by atoms with van der Waals surface area (Å²) >= 11 is 1.66. The lowest BCUT2D eigenvalue weighted by molar-refractivity contribution is 0.239.